The van der Waals surface area contributed by atoms with Crippen molar-refractivity contribution in [2.45, 2.75) is 19.8 Å². The molecule has 0 saturated carbocycles. The van der Waals surface area contributed by atoms with Gasteiger partial charge in [-0.25, -0.2) is 4.79 Å². The number of ether oxygens (including phenoxy) is 2. The summed E-state index contributed by atoms with van der Waals surface area (Å²) >= 11 is 0. The molecule has 1 heterocycles. The van der Waals surface area contributed by atoms with Gasteiger partial charge in [-0.1, -0.05) is 18.2 Å². The highest BCUT2D eigenvalue weighted by molar-refractivity contribution is 5.63. The van der Waals surface area contributed by atoms with Crippen LogP contribution in [0.3, 0.4) is 0 Å². The van der Waals surface area contributed by atoms with Gasteiger partial charge in [0.15, 0.2) is 0 Å². The van der Waals surface area contributed by atoms with E-state index in [1.165, 1.54) is 0 Å². The number of rotatable bonds is 3. The molecular formula is C16H15N3O5. The maximum atomic E-state index is 11.6. The molecule has 1 aromatic carbocycles. The highest BCUT2D eigenvalue weighted by atomic mass is 16.7. The molecule has 1 aliphatic heterocycles. The zero-order valence-electron chi connectivity index (χ0n) is 13.3. The molecule has 1 atom stereocenters. The lowest BCUT2D eigenvalue weighted by Gasteiger charge is -2.26. The number of hydrogen-bond acceptors (Lipinski definition) is 7. The molecule has 8 nitrogen and oxygen atoms in total. The molecule has 124 valence electrons. The SMILES string of the molecule is COC(=O)OC1=C(C)NC(C)=C([N+](=O)[O-])C1c1ccccc1C#N. The van der Waals surface area contributed by atoms with Crippen molar-refractivity contribution in [3.8, 4) is 6.07 Å². The molecule has 0 bridgehead atoms. The van der Waals surface area contributed by atoms with Gasteiger partial charge in [-0.15, -0.1) is 0 Å². The first kappa shape index (κ1) is 17.0. The van der Waals surface area contributed by atoms with Crippen molar-refractivity contribution in [3.63, 3.8) is 0 Å². The van der Waals surface area contributed by atoms with E-state index in [0.29, 0.717) is 17.0 Å². The Morgan fingerprint density at radius 1 is 1.33 bits per heavy atom. The van der Waals surface area contributed by atoms with E-state index < -0.39 is 17.0 Å². The number of carbonyl (C=O) groups is 1. The first-order valence-electron chi connectivity index (χ1n) is 6.98. The first-order valence-corrected chi connectivity index (χ1v) is 6.98. The first-order chi connectivity index (χ1) is 11.4. The lowest BCUT2D eigenvalue weighted by molar-refractivity contribution is -0.431. The summed E-state index contributed by atoms with van der Waals surface area (Å²) in [5.74, 6) is -0.974. The van der Waals surface area contributed by atoms with Gasteiger partial charge in [0.25, 0.3) is 5.70 Å². The fourth-order valence-corrected chi connectivity index (χ4v) is 2.61. The average Bonchev–Trinajstić information content (AvgIpc) is 2.56. The lowest BCUT2D eigenvalue weighted by Crippen LogP contribution is -2.30. The summed E-state index contributed by atoms with van der Waals surface area (Å²) in [5.41, 5.74) is 1.19. The Labute approximate surface area is 138 Å². The van der Waals surface area contributed by atoms with Crippen LogP contribution >= 0.6 is 0 Å². The number of nitriles is 1. The molecule has 0 fully saturated rings. The Bertz CT molecular complexity index is 804. The van der Waals surface area contributed by atoms with Crippen LogP contribution in [0.15, 0.2) is 47.1 Å². The van der Waals surface area contributed by atoms with Gasteiger partial charge in [-0.05, 0) is 25.5 Å². The summed E-state index contributed by atoms with van der Waals surface area (Å²) in [4.78, 5) is 22.6. The molecule has 0 spiro atoms. The summed E-state index contributed by atoms with van der Waals surface area (Å²) in [6, 6.07) is 8.48. The van der Waals surface area contributed by atoms with E-state index in [-0.39, 0.29) is 17.0 Å². The minimum Gasteiger partial charge on any atom is -0.437 e. The molecule has 0 aromatic heterocycles. The summed E-state index contributed by atoms with van der Waals surface area (Å²) in [5, 5.41) is 23.7. The molecular weight excluding hydrogens is 314 g/mol. The second kappa shape index (κ2) is 6.83. The number of allylic oxidation sites excluding steroid dienone is 2. The molecule has 24 heavy (non-hydrogen) atoms. The minimum absolute atomic E-state index is 0.0295. The van der Waals surface area contributed by atoms with Crippen LogP contribution in [-0.2, 0) is 9.47 Å². The van der Waals surface area contributed by atoms with Crippen molar-refractivity contribution in [1.82, 2.24) is 5.32 Å². The van der Waals surface area contributed by atoms with Crippen molar-refractivity contribution in [1.29, 1.82) is 5.26 Å². The molecule has 0 saturated heterocycles. The van der Waals surface area contributed by atoms with Crippen LogP contribution in [0, 0.1) is 21.4 Å². The van der Waals surface area contributed by atoms with Gasteiger partial charge in [0.2, 0.25) is 0 Å². The quantitative estimate of drug-likeness (QED) is 0.515. The van der Waals surface area contributed by atoms with E-state index in [1.54, 1.807) is 38.1 Å². The number of nitro groups is 1. The van der Waals surface area contributed by atoms with E-state index in [4.69, 9.17) is 4.74 Å². The highest BCUT2D eigenvalue weighted by Crippen LogP contribution is 2.40. The number of benzene rings is 1. The third-order valence-electron chi connectivity index (χ3n) is 3.61. The fraction of sp³-hybridized carbons (Fsp3) is 0.250. The summed E-state index contributed by atoms with van der Waals surface area (Å²) < 4.78 is 9.65. The van der Waals surface area contributed by atoms with Gasteiger partial charge in [-0.3, -0.25) is 10.1 Å². The van der Waals surface area contributed by atoms with Crippen LogP contribution in [0.25, 0.3) is 0 Å². The summed E-state index contributed by atoms with van der Waals surface area (Å²) in [7, 11) is 1.14. The van der Waals surface area contributed by atoms with E-state index in [9.17, 15) is 20.2 Å². The second-order valence-electron chi connectivity index (χ2n) is 5.07. The maximum absolute atomic E-state index is 11.6. The van der Waals surface area contributed by atoms with Gasteiger partial charge in [0.05, 0.1) is 35.1 Å². The van der Waals surface area contributed by atoms with Crippen LogP contribution in [0.4, 0.5) is 4.79 Å². The Morgan fingerprint density at radius 3 is 2.58 bits per heavy atom. The van der Waals surface area contributed by atoms with Crippen molar-refractivity contribution < 1.29 is 19.2 Å². The number of nitrogens with zero attached hydrogens (tertiary/aromatic N) is 2. The predicted molar refractivity (Wildman–Crippen MR) is 82.9 cm³/mol. The molecule has 1 unspecified atom stereocenters. The van der Waals surface area contributed by atoms with Gasteiger partial charge < -0.3 is 14.8 Å². The molecule has 8 heteroatoms. The van der Waals surface area contributed by atoms with Crippen LogP contribution in [0.1, 0.15) is 30.9 Å². The fourth-order valence-electron chi connectivity index (χ4n) is 2.61. The van der Waals surface area contributed by atoms with Gasteiger partial charge in [0.1, 0.15) is 11.7 Å². The zero-order valence-corrected chi connectivity index (χ0v) is 13.3. The minimum atomic E-state index is -1.00. The standard InChI is InChI=1S/C16H15N3O5/c1-9-14(19(21)22)13(12-7-5-4-6-11(12)8-17)15(10(2)18-9)24-16(20)23-3/h4-7,13,18H,1-3H3. The van der Waals surface area contributed by atoms with Crippen molar-refractivity contribution in [2.75, 3.05) is 7.11 Å². The number of nitrogens with one attached hydrogen (secondary N) is 1. The van der Waals surface area contributed by atoms with Crippen molar-refractivity contribution in [2.24, 2.45) is 0 Å². The van der Waals surface area contributed by atoms with E-state index >= 15 is 0 Å². The van der Waals surface area contributed by atoms with Crippen LogP contribution in [-0.4, -0.2) is 18.2 Å². The van der Waals surface area contributed by atoms with Crippen LogP contribution < -0.4 is 5.32 Å². The summed E-state index contributed by atoms with van der Waals surface area (Å²) in [6.45, 7) is 3.18. The Balaban J connectivity index is 2.69. The molecule has 0 amide bonds. The van der Waals surface area contributed by atoms with Crippen molar-refractivity contribution in [3.05, 3.63) is 68.4 Å². The maximum Gasteiger partial charge on any atom is 0.513 e. The van der Waals surface area contributed by atoms with Crippen LogP contribution in [0.2, 0.25) is 0 Å². The van der Waals surface area contributed by atoms with Gasteiger partial charge in [0, 0.05) is 0 Å². The molecule has 0 radical (unpaired) electrons. The highest BCUT2D eigenvalue weighted by Gasteiger charge is 2.40. The third kappa shape index (κ3) is 3.05. The predicted octanol–water partition coefficient (Wildman–Crippen LogP) is 2.77. The number of dihydropyridines is 1. The largest absolute Gasteiger partial charge is 0.513 e. The number of carbonyl (C=O) groups excluding carboxylic acids is 1. The van der Waals surface area contributed by atoms with E-state index in [2.05, 4.69) is 10.1 Å². The Morgan fingerprint density at radius 2 is 2.00 bits per heavy atom. The molecule has 2 rings (SSSR count). The third-order valence-corrected chi connectivity index (χ3v) is 3.61. The van der Waals surface area contributed by atoms with Crippen LogP contribution in [0.5, 0.6) is 0 Å². The summed E-state index contributed by atoms with van der Waals surface area (Å²) in [6.07, 6.45) is -0.993. The Hall–Kier alpha value is -3.34. The number of methoxy groups -OCH3 is 1. The molecule has 0 aliphatic carbocycles. The zero-order chi connectivity index (χ0) is 17.9. The van der Waals surface area contributed by atoms with Crippen molar-refractivity contribution >= 4 is 6.16 Å². The van der Waals surface area contributed by atoms with Gasteiger partial charge >= 0.3 is 6.16 Å². The van der Waals surface area contributed by atoms with Gasteiger partial charge in [-0.2, -0.15) is 5.26 Å². The average molecular weight is 329 g/mol. The van der Waals surface area contributed by atoms with E-state index in [1.807, 2.05) is 6.07 Å². The monoisotopic (exact) mass is 329 g/mol. The Kier molecular flexibility index (Phi) is 4.84. The topological polar surface area (TPSA) is 114 Å². The lowest BCUT2D eigenvalue weighted by atomic mass is 9.87. The second-order valence-corrected chi connectivity index (χ2v) is 5.07. The molecule has 1 aromatic rings. The van der Waals surface area contributed by atoms with E-state index in [0.717, 1.165) is 7.11 Å². The molecule has 1 aliphatic rings. The molecule has 1 N–H and O–H groups in total. The number of hydrogen-bond donors (Lipinski definition) is 1. The normalized spacial score (nSPS) is 17.0. The smallest absolute Gasteiger partial charge is 0.437 e.